The molecule has 7 heteroatoms. The molecule has 1 aliphatic rings. The number of benzene rings is 1. The Morgan fingerprint density at radius 3 is 2.12 bits per heavy atom. The van der Waals surface area contributed by atoms with Crippen LogP contribution in [0.25, 0.3) is 0 Å². The maximum atomic E-state index is 13.4. The van der Waals surface area contributed by atoms with Crippen LogP contribution in [0.2, 0.25) is 0 Å². The second-order valence-corrected chi connectivity index (χ2v) is 7.68. The molecule has 25 heavy (non-hydrogen) atoms. The predicted octanol–water partition coefficient (Wildman–Crippen LogP) is 4.09. The smallest absolute Gasteiger partial charge is 0.362 e. The molecule has 1 heterocycles. The normalized spacial score (nSPS) is 21.7. The fraction of sp³-hybridized carbons (Fsp3) is 0.556. The minimum atomic E-state index is -5.01. The number of hydrazone groups is 1. The Morgan fingerprint density at radius 2 is 1.72 bits per heavy atom. The van der Waals surface area contributed by atoms with Crippen molar-refractivity contribution in [2.75, 3.05) is 0 Å². The number of carbonyl (C=O) groups is 1. The Labute approximate surface area is 145 Å². The van der Waals surface area contributed by atoms with Gasteiger partial charge in [-0.2, -0.15) is 23.3 Å². The van der Waals surface area contributed by atoms with Gasteiger partial charge in [0.15, 0.2) is 0 Å². The Morgan fingerprint density at radius 1 is 1.20 bits per heavy atom. The topological polar surface area (TPSA) is 52.9 Å². The zero-order valence-electron chi connectivity index (χ0n) is 15.0. The van der Waals surface area contributed by atoms with Crippen molar-refractivity contribution in [3.8, 4) is 0 Å². The van der Waals surface area contributed by atoms with Crippen LogP contribution in [-0.4, -0.2) is 33.6 Å². The summed E-state index contributed by atoms with van der Waals surface area (Å²) in [5, 5.41) is 14.1. The third kappa shape index (κ3) is 3.56. The number of rotatable bonds is 2. The van der Waals surface area contributed by atoms with E-state index in [0.717, 1.165) is 5.56 Å². The molecule has 0 unspecified atom stereocenters. The van der Waals surface area contributed by atoms with Gasteiger partial charge in [0.2, 0.25) is 0 Å². The third-order valence-electron chi connectivity index (χ3n) is 4.32. The highest BCUT2D eigenvalue weighted by molar-refractivity contribution is 5.98. The van der Waals surface area contributed by atoms with Crippen LogP contribution in [-0.2, 0) is 5.41 Å². The lowest BCUT2D eigenvalue weighted by Crippen LogP contribution is -2.56. The fourth-order valence-corrected chi connectivity index (χ4v) is 2.56. The van der Waals surface area contributed by atoms with Crippen molar-refractivity contribution < 1.29 is 23.1 Å². The van der Waals surface area contributed by atoms with Gasteiger partial charge < -0.3 is 5.11 Å². The fourth-order valence-electron chi connectivity index (χ4n) is 2.56. The summed E-state index contributed by atoms with van der Waals surface area (Å²) < 4.78 is 40.2. The number of hydrogen-bond donors (Lipinski definition) is 1. The highest BCUT2D eigenvalue weighted by Gasteiger charge is 2.63. The predicted molar refractivity (Wildman–Crippen MR) is 89.2 cm³/mol. The van der Waals surface area contributed by atoms with E-state index >= 15 is 0 Å². The number of amides is 1. The minimum absolute atomic E-state index is 0.0458. The molecule has 1 amide bonds. The number of aliphatic hydroxyl groups is 1. The number of halogens is 3. The second kappa shape index (κ2) is 6.12. The molecule has 0 saturated heterocycles. The van der Waals surface area contributed by atoms with Crippen LogP contribution in [0.3, 0.4) is 0 Å². The molecule has 4 nitrogen and oxygen atoms in total. The van der Waals surface area contributed by atoms with E-state index < -0.39 is 24.2 Å². The van der Waals surface area contributed by atoms with Crippen molar-refractivity contribution in [2.45, 2.75) is 58.4 Å². The summed E-state index contributed by atoms with van der Waals surface area (Å²) in [4.78, 5) is 12.6. The van der Waals surface area contributed by atoms with Crippen molar-refractivity contribution in [1.29, 1.82) is 0 Å². The lowest BCUT2D eigenvalue weighted by Gasteiger charge is -2.32. The Hall–Kier alpha value is -1.89. The lowest BCUT2D eigenvalue weighted by molar-refractivity contribution is -0.297. The Balaban J connectivity index is 2.41. The zero-order valence-corrected chi connectivity index (χ0v) is 15.0. The lowest BCUT2D eigenvalue weighted by atomic mass is 9.86. The molecule has 0 saturated carbocycles. The average Bonchev–Trinajstić information content (AvgIpc) is 2.85. The Bertz CT molecular complexity index is 688. The molecule has 1 atom stereocenters. The SMILES string of the molecule is CC(C)C1=NN(C(=O)c2ccc(C(C)(C)C)cc2)[C@](O)(C(F)(F)F)C1. The molecular weight excluding hydrogens is 333 g/mol. The van der Waals surface area contributed by atoms with Gasteiger partial charge in [-0.25, -0.2) is 0 Å². The third-order valence-corrected chi connectivity index (χ3v) is 4.32. The zero-order chi connectivity index (χ0) is 19.2. The van der Waals surface area contributed by atoms with Gasteiger partial charge in [0, 0.05) is 17.7 Å². The monoisotopic (exact) mass is 356 g/mol. The van der Waals surface area contributed by atoms with Crippen molar-refractivity contribution >= 4 is 11.6 Å². The van der Waals surface area contributed by atoms with E-state index in [1.165, 1.54) is 12.1 Å². The quantitative estimate of drug-likeness (QED) is 0.868. The first-order valence-corrected chi connectivity index (χ1v) is 8.09. The van der Waals surface area contributed by atoms with Crippen molar-refractivity contribution in [3.05, 3.63) is 35.4 Å². The highest BCUT2D eigenvalue weighted by Crippen LogP contribution is 2.42. The summed E-state index contributed by atoms with van der Waals surface area (Å²) in [6.07, 6.45) is -5.74. The van der Waals surface area contributed by atoms with E-state index in [0.29, 0.717) is 0 Å². The Kier molecular flexibility index (Phi) is 4.76. The molecule has 2 rings (SSSR count). The molecule has 0 fully saturated rings. The molecule has 1 aromatic rings. The molecule has 1 N–H and O–H groups in total. The second-order valence-electron chi connectivity index (χ2n) is 7.68. The first-order chi connectivity index (χ1) is 11.3. The van der Waals surface area contributed by atoms with Gasteiger partial charge in [0.25, 0.3) is 11.6 Å². The van der Waals surface area contributed by atoms with E-state index in [1.807, 2.05) is 20.8 Å². The van der Waals surface area contributed by atoms with Crippen LogP contribution in [0.4, 0.5) is 13.2 Å². The van der Waals surface area contributed by atoms with Gasteiger partial charge in [-0.15, -0.1) is 0 Å². The number of hydrogen-bond acceptors (Lipinski definition) is 3. The number of alkyl halides is 3. The molecule has 1 aliphatic heterocycles. The maximum Gasteiger partial charge on any atom is 0.438 e. The first-order valence-electron chi connectivity index (χ1n) is 8.09. The van der Waals surface area contributed by atoms with Crippen LogP contribution in [0, 0.1) is 5.92 Å². The van der Waals surface area contributed by atoms with Crippen LogP contribution in [0.15, 0.2) is 29.4 Å². The molecule has 0 bridgehead atoms. The van der Waals surface area contributed by atoms with E-state index in [1.54, 1.807) is 26.0 Å². The summed E-state index contributed by atoms with van der Waals surface area (Å²) >= 11 is 0. The van der Waals surface area contributed by atoms with Crippen LogP contribution >= 0.6 is 0 Å². The molecule has 0 spiro atoms. The number of carbonyl (C=O) groups excluding carboxylic acids is 1. The molecule has 0 radical (unpaired) electrons. The van der Waals surface area contributed by atoms with Crippen LogP contribution < -0.4 is 0 Å². The van der Waals surface area contributed by atoms with Gasteiger partial charge in [0.05, 0.1) is 0 Å². The molecule has 138 valence electrons. The van der Waals surface area contributed by atoms with E-state index in [9.17, 15) is 23.1 Å². The minimum Gasteiger partial charge on any atom is -0.362 e. The van der Waals surface area contributed by atoms with Gasteiger partial charge in [-0.3, -0.25) is 4.79 Å². The van der Waals surface area contributed by atoms with Gasteiger partial charge >= 0.3 is 6.18 Å². The molecular formula is C18H23F3N2O2. The van der Waals surface area contributed by atoms with E-state index in [2.05, 4.69) is 5.10 Å². The number of nitrogens with zero attached hydrogens (tertiary/aromatic N) is 2. The molecule has 0 aliphatic carbocycles. The summed E-state index contributed by atoms with van der Waals surface area (Å²) in [5.41, 5.74) is -2.33. The van der Waals surface area contributed by atoms with E-state index in [-0.39, 0.29) is 27.6 Å². The summed E-state index contributed by atoms with van der Waals surface area (Å²) in [7, 11) is 0. The van der Waals surface area contributed by atoms with Gasteiger partial charge in [0.1, 0.15) is 0 Å². The van der Waals surface area contributed by atoms with E-state index in [4.69, 9.17) is 0 Å². The standard InChI is InChI=1S/C18H23F3N2O2/c1-11(2)14-10-17(25,18(19,20)21)23(22-14)15(24)12-6-8-13(9-7-12)16(3,4)5/h6-9,11,25H,10H2,1-5H3/t17-/m1/s1. The molecule has 0 aromatic heterocycles. The molecule has 1 aromatic carbocycles. The summed E-state index contributed by atoms with van der Waals surface area (Å²) in [6, 6.07) is 6.32. The van der Waals surface area contributed by atoms with Crippen molar-refractivity contribution in [1.82, 2.24) is 5.01 Å². The summed E-state index contributed by atoms with van der Waals surface area (Å²) in [6.45, 7) is 9.31. The van der Waals surface area contributed by atoms with Crippen molar-refractivity contribution in [2.24, 2.45) is 11.0 Å². The van der Waals surface area contributed by atoms with Crippen molar-refractivity contribution in [3.63, 3.8) is 0 Å². The van der Waals surface area contributed by atoms with Crippen LogP contribution in [0.5, 0.6) is 0 Å². The highest BCUT2D eigenvalue weighted by atomic mass is 19.4. The van der Waals surface area contributed by atoms with Gasteiger partial charge in [-0.05, 0) is 29.0 Å². The maximum absolute atomic E-state index is 13.4. The largest absolute Gasteiger partial charge is 0.438 e. The summed E-state index contributed by atoms with van der Waals surface area (Å²) in [5.74, 6) is -1.29. The average molecular weight is 356 g/mol. The van der Waals surface area contributed by atoms with Gasteiger partial charge in [-0.1, -0.05) is 46.8 Å². The first kappa shape index (κ1) is 19.4. The van der Waals surface area contributed by atoms with Crippen LogP contribution in [0.1, 0.15) is 57.0 Å².